The Balaban J connectivity index is 2.13. The van der Waals surface area contributed by atoms with Crippen LogP contribution >= 0.6 is 0 Å². The van der Waals surface area contributed by atoms with Gasteiger partial charge in [-0.05, 0) is 36.5 Å². The molecule has 0 unspecified atom stereocenters. The molecule has 1 aliphatic rings. The molecule has 1 saturated carbocycles. The number of hydrogen-bond donors (Lipinski definition) is 1. The van der Waals surface area contributed by atoms with E-state index in [4.69, 9.17) is 5.26 Å². The molecule has 1 aromatic carbocycles. The van der Waals surface area contributed by atoms with Crippen molar-refractivity contribution in [3.63, 3.8) is 0 Å². The second kappa shape index (κ2) is 6.12. The van der Waals surface area contributed by atoms with Crippen LogP contribution in [0.1, 0.15) is 44.6 Å². The van der Waals surface area contributed by atoms with Crippen molar-refractivity contribution in [1.82, 2.24) is 4.72 Å². The van der Waals surface area contributed by atoms with Gasteiger partial charge in [0.05, 0.1) is 10.5 Å². The van der Waals surface area contributed by atoms with Gasteiger partial charge < -0.3 is 0 Å². The minimum Gasteiger partial charge on any atom is -0.211 e. The van der Waals surface area contributed by atoms with Gasteiger partial charge in [0.25, 0.3) is 0 Å². The molecule has 0 saturated heterocycles. The Labute approximate surface area is 125 Å². The van der Waals surface area contributed by atoms with Gasteiger partial charge in [0.1, 0.15) is 11.9 Å². The lowest BCUT2D eigenvalue weighted by Gasteiger charge is -2.33. The maximum Gasteiger partial charge on any atom is 0.240 e. The van der Waals surface area contributed by atoms with Crippen LogP contribution in [-0.4, -0.2) is 15.0 Å². The largest absolute Gasteiger partial charge is 0.240 e. The Morgan fingerprint density at radius 3 is 2.62 bits per heavy atom. The van der Waals surface area contributed by atoms with E-state index in [2.05, 4.69) is 11.6 Å². The molecule has 21 heavy (non-hydrogen) atoms. The highest BCUT2D eigenvalue weighted by Gasteiger charge is 2.28. The van der Waals surface area contributed by atoms with Crippen LogP contribution < -0.4 is 4.72 Å². The summed E-state index contributed by atoms with van der Waals surface area (Å²) in [5.74, 6) is -0.712. The van der Waals surface area contributed by atoms with Gasteiger partial charge in [0.15, 0.2) is 0 Å². The van der Waals surface area contributed by atoms with E-state index < -0.39 is 15.8 Å². The number of benzene rings is 1. The second-order valence-electron chi connectivity index (χ2n) is 5.95. The molecule has 4 nitrogen and oxygen atoms in total. The van der Waals surface area contributed by atoms with Gasteiger partial charge in [-0.2, -0.15) is 5.26 Å². The van der Waals surface area contributed by atoms with E-state index >= 15 is 0 Å². The van der Waals surface area contributed by atoms with Crippen molar-refractivity contribution >= 4 is 10.0 Å². The monoisotopic (exact) mass is 310 g/mol. The molecular weight excluding hydrogens is 291 g/mol. The van der Waals surface area contributed by atoms with Crippen molar-refractivity contribution in [3.8, 4) is 6.07 Å². The maximum atomic E-state index is 13.3. The van der Waals surface area contributed by atoms with Crippen LogP contribution in [0.5, 0.6) is 0 Å². The number of nitriles is 1. The summed E-state index contributed by atoms with van der Waals surface area (Å²) >= 11 is 0. The van der Waals surface area contributed by atoms with Gasteiger partial charge in [-0.1, -0.05) is 26.2 Å². The van der Waals surface area contributed by atoms with Crippen LogP contribution in [0, 0.1) is 22.6 Å². The Bertz CT molecular complexity index is 659. The highest BCUT2D eigenvalue weighted by atomic mass is 32.2. The van der Waals surface area contributed by atoms with Crippen LogP contribution in [0.15, 0.2) is 23.1 Å². The molecule has 1 aromatic rings. The van der Waals surface area contributed by atoms with Crippen LogP contribution in [0.4, 0.5) is 4.39 Å². The van der Waals surface area contributed by atoms with Gasteiger partial charge in [-0.15, -0.1) is 0 Å². The van der Waals surface area contributed by atoms with Crippen molar-refractivity contribution in [2.75, 3.05) is 6.54 Å². The molecule has 0 aromatic heterocycles. The Hall–Kier alpha value is -1.45. The van der Waals surface area contributed by atoms with E-state index in [1.54, 1.807) is 6.07 Å². The van der Waals surface area contributed by atoms with E-state index in [0.717, 1.165) is 37.8 Å². The summed E-state index contributed by atoms with van der Waals surface area (Å²) in [5, 5.41) is 8.78. The fourth-order valence-corrected chi connectivity index (χ4v) is 3.92. The SMILES string of the molecule is CC1(CNS(=O)(=O)c2ccc(F)c(C#N)c2)CCCCC1. The normalized spacial score (nSPS) is 18.1. The van der Waals surface area contributed by atoms with Crippen LogP contribution in [-0.2, 0) is 10.0 Å². The average Bonchev–Trinajstić information content (AvgIpc) is 2.46. The van der Waals surface area contributed by atoms with Crippen LogP contribution in [0.2, 0.25) is 0 Å². The Morgan fingerprint density at radius 1 is 1.33 bits per heavy atom. The number of nitrogens with zero attached hydrogens (tertiary/aromatic N) is 1. The first-order chi connectivity index (χ1) is 9.86. The van der Waals surface area contributed by atoms with Crippen molar-refractivity contribution in [2.24, 2.45) is 5.41 Å². The lowest BCUT2D eigenvalue weighted by molar-refractivity contribution is 0.219. The minimum absolute atomic E-state index is 0.0244. The van der Waals surface area contributed by atoms with Crippen molar-refractivity contribution in [1.29, 1.82) is 5.26 Å². The Kier molecular flexibility index (Phi) is 4.64. The van der Waals surface area contributed by atoms with E-state index in [1.807, 2.05) is 0 Å². The number of halogens is 1. The smallest absolute Gasteiger partial charge is 0.211 e. The van der Waals surface area contributed by atoms with Crippen molar-refractivity contribution in [3.05, 3.63) is 29.6 Å². The van der Waals surface area contributed by atoms with Gasteiger partial charge in [0.2, 0.25) is 10.0 Å². The summed E-state index contributed by atoms with van der Waals surface area (Å²) in [5.41, 5.74) is -0.287. The van der Waals surface area contributed by atoms with Gasteiger partial charge in [-0.3, -0.25) is 0 Å². The lowest BCUT2D eigenvalue weighted by Crippen LogP contribution is -2.37. The zero-order valence-corrected chi connectivity index (χ0v) is 12.8. The summed E-state index contributed by atoms with van der Waals surface area (Å²) < 4.78 is 40.4. The highest BCUT2D eigenvalue weighted by molar-refractivity contribution is 7.89. The fraction of sp³-hybridized carbons (Fsp3) is 0.533. The molecule has 6 heteroatoms. The summed E-state index contributed by atoms with van der Waals surface area (Å²) in [6, 6.07) is 4.92. The molecule has 1 N–H and O–H groups in total. The molecular formula is C15H19FN2O2S. The zero-order chi connectivity index (χ0) is 15.5. The molecule has 0 atom stereocenters. The third-order valence-corrected chi connectivity index (χ3v) is 5.52. The average molecular weight is 310 g/mol. The van der Waals surface area contributed by atoms with Crippen LogP contribution in [0.3, 0.4) is 0 Å². The molecule has 0 heterocycles. The van der Waals surface area contributed by atoms with Crippen molar-refractivity contribution in [2.45, 2.75) is 43.9 Å². The first-order valence-corrected chi connectivity index (χ1v) is 8.54. The quantitative estimate of drug-likeness (QED) is 0.929. The van der Waals surface area contributed by atoms with E-state index in [0.29, 0.717) is 6.54 Å². The molecule has 114 valence electrons. The predicted molar refractivity (Wildman–Crippen MR) is 77.5 cm³/mol. The molecule has 0 radical (unpaired) electrons. The molecule has 1 aliphatic carbocycles. The first-order valence-electron chi connectivity index (χ1n) is 7.06. The maximum absolute atomic E-state index is 13.3. The second-order valence-corrected chi connectivity index (χ2v) is 7.72. The number of hydrogen-bond acceptors (Lipinski definition) is 3. The fourth-order valence-electron chi connectivity index (χ4n) is 2.69. The number of rotatable bonds is 4. The lowest BCUT2D eigenvalue weighted by atomic mass is 9.76. The molecule has 0 aliphatic heterocycles. The van der Waals surface area contributed by atoms with Gasteiger partial charge in [-0.25, -0.2) is 17.5 Å². The molecule has 1 fully saturated rings. The molecule has 0 spiro atoms. The third kappa shape index (κ3) is 3.80. The third-order valence-electron chi connectivity index (χ3n) is 4.12. The first kappa shape index (κ1) is 15.9. The zero-order valence-electron chi connectivity index (χ0n) is 12.0. The molecule has 0 amide bonds. The van der Waals surface area contributed by atoms with Gasteiger partial charge in [0, 0.05) is 6.54 Å². The van der Waals surface area contributed by atoms with Gasteiger partial charge >= 0.3 is 0 Å². The molecule has 0 bridgehead atoms. The minimum atomic E-state index is -3.71. The standard InChI is InChI=1S/C15H19FN2O2S/c1-15(7-3-2-4-8-15)11-18-21(19,20)13-5-6-14(16)12(9-13)10-17/h5-6,9,18H,2-4,7-8,11H2,1H3. The van der Waals surface area contributed by atoms with E-state index in [1.165, 1.54) is 12.5 Å². The molecule has 2 rings (SSSR count). The highest BCUT2D eigenvalue weighted by Crippen LogP contribution is 2.35. The van der Waals surface area contributed by atoms with Crippen molar-refractivity contribution < 1.29 is 12.8 Å². The summed E-state index contributed by atoms with van der Waals surface area (Å²) in [6.07, 6.45) is 5.44. The number of sulfonamides is 1. The number of nitrogens with one attached hydrogen (secondary N) is 1. The van der Waals surface area contributed by atoms with E-state index in [-0.39, 0.29) is 15.9 Å². The summed E-state index contributed by atoms with van der Waals surface area (Å²) in [7, 11) is -3.71. The summed E-state index contributed by atoms with van der Waals surface area (Å²) in [4.78, 5) is -0.0696. The summed E-state index contributed by atoms with van der Waals surface area (Å²) in [6.45, 7) is 2.45. The van der Waals surface area contributed by atoms with Crippen LogP contribution in [0.25, 0.3) is 0 Å². The predicted octanol–water partition coefficient (Wildman–Crippen LogP) is 2.95. The topological polar surface area (TPSA) is 70.0 Å². The van der Waals surface area contributed by atoms with E-state index in [9.17, 15) is 12.8 Å². The Morgan fingerprint density at radius 2 is 2.00 bits per heavy atom.